The lowest BCUT2D eigenvalue weighted by Gasteiger charge is -2.22. The van der Waals surface area contributed by atoms with Crippen molar-refractivity contribution in [2.24, 2.45) is 0 Å². The Labute approximate surface area is 239 Å². The van der Waals surface area contributed by atoms with E-state index in [-0.39, 0.29) is 0 Å². The molecule has 0 amide bonds. The quantitative estimate of drug-likeness (QED) is 0.220. The minimum Gasteiger partial charge on any atom is -0.455 e. The first-order chi connectivity index (χ1) is 19.9. The van der Waals surface area contributed by atoms with Crippen LogP contribution < -0.4 is 0 Å². The third-order valence-electron chi connectivity index (χ3n) is 8.02. The van der Waals surface area contributed by atoms with Crippen LogP contribution in [0.25, 0.3) is 61.3 Å². The fourth-order valence-electron chi connectivity index (χ4n) is 5.89. The number of aromatic nitrogens is 4. The number of aryl methyl sites for hydroxylation is 1. The molecule has 0 radical (unpaired) electrons. The molecule has 0 saturated heterocycles. The van der Waals surface area contributed by atoms with Gasteiger partial charge in [0.25, 0.3) is 0 Å². The number of benzene rings is 4. The van der Waals surface area contributed by atoms with Crippen molar-refractivity contribution in [3.05, 3.63) is 108 Å². The maximum absolute atomic E-state index is 6.68. The normalized spacial score (nSPS) is 12.0. The van der Waals surface area contributed by atoms with Crippen LogP contribution >= 0.6 is 0 Å². The minimum absolute atomic E-state index is 0.313. The predicted molar refractivity (Wildman–Crippen MR) is 168 cm³/mol. The standard InChI is InChI=1S/C36H32N4O/c1-21(2)26-8-6-9-27(22(3)4)33(26)40-35(38-31-18-19-37-39-36(31)40)30-11-7-10-29-28-17-16-25(20-32(28)41-34(29)30)24-14-12-23(5)13-15-24/h6-22H,1-5H3. The van der Waals surface area contributed by atoms with E-state index in [1.165, 1.54) is 22.3 Å². The van der Waals surface area contributed by atoms with Crippen molar-refractivity contribution in [3.63, 3.8) is 0 Å². The van der Waals surface area contributed by atoms with E-state index in [9.17, 15) is 0 Å². The fraction of sp³-hybridized carbons (Fsp3) is 0.194. The SMILES string of the molecule is Cc1ccc(-c2ccc3c(c2)oc2c(-c4nc5ccnnc5n4-c4c(C(C)C)cccc4C(C)C)cccc23)cc1. The molecule has 0 aliphatic rings. The van der Waals surface area contributed by atoms with Crippen LogP contribution in [-0.4, -0.2) is 19.7 Å². The van der Waals surface area contributed by atoms with Gasteiger partial charge < -0.3 is 4.42 Å². The number of rotatable bonds is 5. The molecular weight excluding hydrogens is 504 g/mol. The molecule has 0 bridgehead atoms. The molecule has 5 nitrogen and oxygen atoms in total. The molecule has 7 rings (SSSR count). The summed E-state index contributed by atoms with van der Waals surface area (Å²) in [6, 6.07) is 29.9. The Kier molecular flexibility index (Phi) is 5.97. The topological polar surface area (TPSA) is 56.7 Å². The Hall–Kier alpha value is -4.77. The summed E-state index contributed by atoms with van der Waals surface area (Å²) >= 11 is 0. The van der Waals surface area contributed by atoms with E-state index in [4.69, 9.17) is 9.40 Å². The maximum Gasteiger partial charge on any atom is 0.187 e. The number of hydrogen-bond acceptors (Lipinski definition) is 4. The van der Waals surface area contributed by atoms with Crippen molar-refractivity contribution < 1.29 is 4.42 Å². The Morgan fingerprint density at radius 1 is 0.732 bits per heavy atom. The first kappa shape index (κ1) is 25.2. The summed E-state index contributed by atoms with van der Waals surface area (Å²) in [5.41, 5.74) is 11.3. The van der Waals surface area contributed by atoms with Gasteiger partial charge in [-0.1, -0.05) is 93.9 Å². The molecule has 3 heterocycles. The zero-order valence-electron chi connectivity index (χ0n) is 24.0. The van der Waals surface area contributed by atoms with E-state index in [0.29, 0.717) is 11.8 Å². The highest BCUT2D eigenvalue weighted by molar-refractivity contribution is 6.10. The number of nitrogens with zero attached hydrogens (tertiary/aromatic N) is 4. The highest BCUT2D eigenvalue weighted by Crippen LogP contribution is 2.41. The number of para-hydroxylation sites is 2. The van der Waals surface area contributed by atoms with Crippen LogP contribution in [0.1, 0.15) is 56.2 Å². The third kappa shape index (κ3) is 4.12. The van der Waals surface area contributed by atoms with Gasteiger partial charge in [-0.05, 0) is 65.3 Å². The van der Waals surface area contributed by atoms with Crippen LogP contribution in [0.15, 0.2) is 95.5 Å². The second-order valence-corrected chi connectivity index (χ2v) is 11.5. The molecule has 0 aliphatic heterocycles. The molecule has 202 valence electrons. The molecule has 0 spiro atoms. The van der Waals surface area contributed by atoms with Crippen molar-refractivity contribution in [2.45, 2.75) is 46.5 Å². The van der Waals surface area contributed by atoms with Gasteiger partial charge in [-0.3, -0.25) is 4.57 Å². The highest BCUT2D eigenvalue weighted by Gasteiger charge is 2.25. The molecular formula is C36H32N4O. The van der Waals surface area contributed by atoms with Crippen molar-refractivity contribution >= 4 is 33.1 Å². The van der Waals surface area contributed by atoms with Crippen molar-refractivity contribution in [1.29, 1.82) is 0 Å². The Morgan fingerprint density at radius 2 is 1.44 bits per heavy atom. The molecule has 4 aromatic carbocycles. The average molecular weight is 537 g/mol. The molecule has 5 heteroatoms. The number of hydrogen-bond donors (Lipinski definition) is 0. The van der Waals surface area contributed by atoms with Crippen LogP contribution in [0.2, 0.25) is 0 Å². The summed E-state index contributed by atoms with van der Waals surface area (Å²) in [5.74, 6) is 1.43. The van der Waals surface area contributed by atoms with E-state index >= 15 is 0 Å². The highest BCUT2D eigenvalue weighted by atomic mass is 16.3. The van der Waals surface area contributed by atoms with E-state index in [0.717, 1.165) is 55.7 Å². The van der Waals surface area contributed by atoms with Gasteiger partial charge in [0, 0.05) is 10.8 Å². The van der Waals surface area contributed by atoms with Crippen molar-refractivity contribution in [3.8, 4) is 28.2 Å². The smallest absolute Gasteiger partial charge is 0.187 e. The van der Waals surface area contributed by atoms with Gasteiger partial charge >= 0.3 is 0 Å². The van der Waals surface area contributed by atoms with Crippen LogP contribution in [0.5, 0.6) is 0 Å². The Bertz CT molecular complexity index is 2040. The van der Waals surface area contributed by atoms with E-state index in [1.54, 1.807) is 6.20 Å². The molecule has 7 aromatic rings. The van der Waals surface area contributed by atoms with Crippen LogP contribution in [0.3, 0.4) is 0 Å². The Morgan fingerprint density at radius 3 is 2.17 bits per heavy atom. The number of furan rings is 1. The van der Waals surface area contributed by atoms with Gasteiger partial charge in [0.15, 0.2) is 11.5 Å². The Balaban J connectivity index is 1.52. The molecule has 41 heavy (non-hydrogen) atoms. The summed E-state index contributed by atoms with van der Waals surface area (Å²) < 4.78 is 8.88. The minimum atomic E-state index is 0.313. The summed E-state index contributed by atoms with van der Waals surface area (Å²) in [7, 11) is 0. The predicted octanol–water partition coefficient (Wildman–Crippen LogP) is 9.60. The summed E-state index contributed by atoms with van der Waals surface area (Å²) in [6.07, 6.45) is 1.70. The lowest BCUT2D eigenvalue weighted by molar-refractivity contribution is 0.669. The second-order valence-electron chi connectivity index (χ2n) is 11.5. The molecule has 0 aliphatic carbocycles. The average Bonchev–Trinajstić information content (AvgIpc) is 3.55. The maximum atomic E-state index is 6.68. The fourth-order valence-corrected chi connectivity index (χ4v) is 5.89. The lowest BCUT2D eigenvalue weighted by Crippen LogP contribution is -2.09. The van der Waals surface area contributed by atoms with Gasteiger partial charge in [-0.15, -0.1) is 5.10 Å². The van der Waals surface area contributed by atoms with Crippen LogP contribution in [0.4, 0.5) is 0 Å². The molecule has 0 N–H and O–H groups in total. The van der Waals surface area contributed by atoms with Crippen molar-refractivity contribution in [2.75, 3.05) is 0 Å². The largest absolute Gasteiger partial charge is 0.455 e. The monoisotopic (exact) mass is 536 g/mol. The van der Waals surface area contributed by atoms with E-state index < -0.39 is 0 Å². The van der Waals surface area contributed by atoms with E-state index in [2.05, 4.69) is 128 Å². The second kappa shape index (κ2) is 9.70. The summed E-state index contributed by atoms with van der Waals surface area (Å²) in [6.45, 7) is 11.0. The summed E-state index contributed by atoms with van der Waals surface area (Å²) in [4.78, 5) is 5.15. The summed E-state index contributed by atoms with van der Waals surface area (Å²) in [5, 5.41) is 11.0. The van der Waals surface area contributed by atoms with Crippen LogP contribution in [0, 0.1) is 6.92 Å². The van der Waals surface area contributed by atoms with Crippen molar-refractivity contribution in [1.82, 2.24) is 19.7 Å². The molecule has 0 unspecified atom stereocenters. The van der Waals surface area contributed by atoms with Gasteiger partial charge in [-0.2, -0.15) is 5.10 Å². The van der Waals surface area contributed by atoms with E-state index in [1.807, 2.05) is 6.07 Å². The van der Waals surface area contributed by atoms with Crippen LogP contribution in [-0.2, 0) is 0 Å². The van der Waals surface area contributed by atoms with Gasteiger partial charge in [0.2, 0.25) is 0 Å². The molecule has 0 saturated carbocycles. The zero-order chi connectivity index (χ0) is 28.2. The number of fused-ring (bicyclic) bond motifs is 4. The van der Waals surface area contributed by atoms with Gasteiger partial charge in [0.05, 0.1) is 17.4 Å². The first-order valence-corrected chi connectivity index (χ1v) is 14.3. The number of imidazole rings is 1. The lowest BCUT2D eigenvalue weighted by atomic mass is 9.92. The van der Waals surface area contributed by atoms with Gasteiger partial charge in [-0.25, -0.2) is 4.98 Å². The molecule has 0 atom stereocenters. The first-order valence-electron chi connectivity index (χ1n) is 14.3. The molecule has 3 aromatic heterocycles. The zero-order valence-corrected chi connectivity index (χ0v) is 24.0. The third-order valence-corrected chi connectivity index (χ3v) is 8.02. The van der Waals surface area contributed by atoms with Gasteiger partial charge in [0.1, 0.15) is 16.7 Å². The molecule has 0 fully saturated rings.